The number of alkyl halides is 3. The summed E-state index contributed by atoms with van der Waals surface area (Å²) in [7, 11) is 2.71. The summed E-state index contributed by atoms with van der Waals surface area (Å²) >= 11 is 3.19. The zero-order valence-corrected chi connectivity index (χ0v) is 11.7. The van der Waals surface area contributed by atoms with Crippen LogP contribution in [0.5, 0.6) is 11.5 Å². The van der Waals surface area contributed by atoms with Gasteiger partial charge in [0.15, 0.2) is 6.10 Å². The lowest BCUT2D eigenvalue weighted by Gasteiger charge is -2.23. The van der Waals surface area contributed by atoms with Gasteiger partial charge in [0.2, 0.25) is 0 Å². The lowest BCUT2D eigenvalue weighted by Crippen LogP contribution is -2.38. The van der Waals surface area contributed by atoms with Gasteiger partial charge in [-0.3, -0.25) is 0 Å². The lowest BCUT2D eigenvalue weighted by atomic mass is 10.0. The Hall–Kier alpha value is -0.990. The molecule has 0 unspecified atom stereocenters. The zero-order valence-electron chi connectivity index (χ0n) is 10.2. The number of hydrogen-bond acceptors (Lipinski definition) is 4. The number of nitrogens with two attached hydrogens (primary N) is 1. The molecule has 8 heteroatoms. The fraction of sp³-hybridized carbons (Fsp3) is 0.455. The zero-order chi connectivity index (χ0) is 14.8. The van der Waals surface area contributed by atoms with Crippen LogP contribution in [0.4, 0.5) is 13.2 Å². The maximum absolute atomic E-state index is 12.4. The first-order valence-electron chi connectivity index (χ1n) is 5.14. The largest absolute Gasteiger partial charge is 0.495 e. The van der Waals surface area contributed by atoms with E-state index >= 15 is 0 Å². The molecule has 0 aliphatic heterocycles. The quantitative estimate of drug-likeness (QED) is 0.880. The highest BCUT2D eigenvalue weighted by molar-refractivity contribution is 9.10. The molecule has 4 nitrogen and oxygen atoms in total. The monoisotopic (exact) mass is 343 g/mol. The summed E-state index contributed by atoms with van der Waals surface area (Å²) in [6.07, 6.45) is -7.46. The van der Waals surface area contributed by atoms with Gasteiger partial charge in [-0.25, -0.2) is 0 Å². The average Bonchev–Trinajstić information content (AvgIpc) is 2.36. The van der Waals surface area contributed by atoms with E-state index in [0.29, 0.717) is 4.47 Å². The van der Waals surface area contributed by atoms with Gasteiger partial charge in [-0.1, -0.05) is 0 Å². The van der Waals surface area contributed by atoms with Crippen molar-refractivity contribution in [2.24, 2.45) is 5.73 Å². The summed E-state index contributed by atoms with van der Waals surface area (Å²) in [5.41, 5.74) is 5.48. The molecule has 0 aliphatic carbocycles. The first-order chi connectivity index (χ1) is 8.72. The molecule has 0 saturated carbocycles. The Balaban J connectivity index is 3.20. The third-order valence-corrected chi connectivity index (χ3v) is 3.31. The minimum absolute atomic E-state index is 0.0572. The van der Waals surface area contributed by atoms with E-state index in [0.717, 1.165) is 0 Å². The summed E-state index contributed by atoms with van der Waals surface area (Å²) in [5, 5.41) is 9.16. The number of aliphatic hydroxyl groups excluding tert-OH is 1. The van der Waals surface area contributed by atoms with Crippen LogP contribution in [0, 0.1) is 0 Å². The number of aliphatic hydroxyl groups is 1. The number of rotatable bonds is 4. The second kappa shape index (κ2) is 5.98. The predicted octanol–water partition coefficient (Wildman–Crippen LogP) is 2.39. The first-order valence-corrected chi connectivity index (χ1v) is 5.93. The average molecular weight is 344 g/mol. The number of methoxy groups -OCH3 is 2. The molecule has 0 fully saturated rings. The first kappa shape index (κ1) is 16.1. The van der Waals surface area contributed by atoms with Crippen molar-refractivity contribution in [1.29, 1.82) is 0 Å². The molecule has 1 rings (SSSR count). The van der Waals surface area contributed by atoms with Crippen molar-refractivity contribution >= 4 is 15.9 Å². The van der Waals surface area contributed by atoms with Crippen molar-refractivity contribution in [3.63, 3.8) is 0 Å². The summed E-state index contributed by atoms with van der Waals surface area (Å²) in [5.74, 6) is 0.526. The molecule has 19 heavy (non-hydrogen) atoms. The molecule has 1 aromatic carbocycles. The third kappa shape index (κ3) is 3.52. The van der Waals surface area contributed by atoms with Crippen molar-refractivity contribution in [2.75, 3.05) is 14.2 Å². The van der Waals surface area contributed by atoms with E-state index in [1.807, 2.05) is 0 Å². The van der Waals surface area contributed by atoms with E-state index in [1.54, 1.807) is 0 Å². The van der Waals surface area contributed by atoms with Gasteiger partial charge in [0, 0.05) is 0 Å². The SMILES string of the molecule is COc1cc([C@H](N)[C@H](O)C(F)(F)F)cc(OC)c1Br. The number of benzene rings is 1. The van der Waals surface area contributed by atoms with E-state index in [9.17, 15) is 13.2 Å². The van der Waals surface area contributed by atoms with Crippen molar-refractivity contribution in [3.8, 4) is 11.5 Å². The highest BCUT2D eigenvalue weighted by Crippen LogP contribution is 2.38. The van der Waals surface area contributed by atoms with Crippen molar-refractivity contribution < 1.29 is 27.8 Å². The van der Waals surface area contributed by atoms with Gasteiger partial charge in [-0.15, -0.1) is 0 Å². The summed E-state index contributed by atoms with van der Waals surface area (Å²) in [6.45, 7) is 0. The Morgan fingerprint density at radius 2 is 1.63 bits per heavy atom. The fourth-order valence-electron chi connectivity index (χ4n) is 1.47. The highest BCUT2D eigenvalue weighted by Gasteiger charge is 2.43. The van der Waals surface area contributed by atoms with Gasteiger partial charge < -0.3 is 20.3 Å². The van der Waals surface area contributed by atoms with Gasteiger partial charge >= 0.3 is 6.18 Å². The maximum Gasteiger partial charge on any atom is 0.416 e. The number of halogens is 4. The van der Waals surface area contributed by atoms with Crippen molar-refractivity contribution in [2.45, 2.75) is 18.3 Å². The van der Waals surface area contributed by atoms with Crippen LogP contribution in [0.3, 0.4) is 0 Å². The lowest BCUT2D eigenvalue weighted by molar-refractivity contribution is -0.210. The van der Waals surface area contributed by atoms with Crippen LogP contribution in [-0.2, 0) is 0 Å². The van der Waals surface area contributed by atoms with Crippen LogP contribution in [-0.4, -0.2) is 31.6 Å². The van der Waals surface area contributed by atoms with Gasteiger partial charge in [0.25, 0.3) is 0 Å². The summed E-state index contributed by atoms with van der Waals surface area (Å²) in [4.78, 5) is 0. The van der Waals surface area contributed by atoms with E-state index in [1.165, 1.54) is 26.4 Å². The standard InChI is InChI=1S/C11H13BrF3NO3/c1-18-6-3-5(4-7(19-2)8(6)12)9(16)10(17)11(13,14)15/h3-4,9-10,17H,16H2,1-2H3/t9-,10-/m0/s1. The molecule has 3 N–H and O–H groups in total. The molecular formula is C11H13BrF3NO3. The van der Waals surface area contributed by atoms with Gasteiger partial charge in [-0.2, -0.15) is 13.2 Å². The smallest absolute Gasteiger partial charge is 0.416 e. The Labute approximate surface area is 116 Å². The van der Waals surface area contributed by atoms with Crippen LogP contribution in [0.2, 0.25) is 0 Å². The van der Waals surface area contributed by atoms with Crippen LogP contribution < -0.4 is 15.2 Å². The van der Waals surface area contributed by atoms with E-state index < -0.39 is 18.3 Å². The summed E-state index contributed by atoms with van der Waals surface area (Å²) < 4.78 is 47.7. The van der Waals surface area contributed by atoms with E-state index in [-0.39, 0.29) is 17.1 Å². The van der Waals surface area contributed by atoms with Crippen LogP contribution in [0.25, 0.3) is 0 Å². The molecule has 0 spiro atoms. The summed E-state index contributed by atoms with van der Waals surface area (Å²) in [6, 6.07) is 0.995. The maximum atomic E-state index is 12.4. The molecule has 0 radical (unpaired) electrons. The van der Waals surface area contributed by atoms with Gasteiger partial charge in [-0.05, 0) is 33.6 Å². The second-order valence-electron chi connectivity index (χ2n) is 3.75. The number of ether oxygens (including phenoxy) is 2. The van der Waals surface area contributed by atoms with E-state index in [4.69, 9.17) is 20.3 Å². The Morgan fingerprint density at radius 1 is 1.21 bits per heavy atom. The molecule has 0 aliphatic rings. The second-order valence-corrected chi connectivity index (χ2v) is 4.54. The molecule has 0 saturated heterocycles. The Morgan fingerprint density at radius 3 is 1.95 bits per heavy atom. The molecule has 108 valence electrons. The van der Waals surface area contributed by atoms with Gasteiger partial charge in [0.05, 0.1) is 20.3 Å². The Kier molecular flexibility index (Phi) is 5.05. The number of hydrogen-bond donors (Lipinski definition) is 2. The van der Waals surface area contributed by atoms with Crippen LogP contribution >= 0.6 is 15.9 Å². The van der Waals surface area contributed by atoms with Crippen molar-refractivity contribution in [3.05, 3.63) is 22.2 Å². The van der Waals surface area contributed by atoms with Crippen LogP contribution in [0.1, 0.15) is 11.6 Å². The molecule has 2 atom stereocenters. The molecule has 1 aromatic rings. The predicted molar refractivity (Wildman–Crippen MR) is 66.2 cm³/mol. The Bertz CT molecular complexity index is 428. The molecule has 0 aromatic heterocycles. The van der Waals surface area contributed by atoms with Crippen molar-refractivity contribution in [1.82, 2.24) is 0 Å². The molecule has 0 heterocycles. The highest BCUT2D eigenvalue weighted by atomic mass is 79.9. The van der Waals surface area contributed by atoms with E-state index in [2.05, 4.69) is 15.9 Å². The van der Waals surface area contributed by atoms with Crippen LogP contribution in [0.15, 0.2) is 16.6 Å². The molecule has 0 amide bonds. The normalized spacial score (nSPS) is 14.9. The third-order valence-electron chi connectivity index (χ3n) is 2.53. The molecule has 0 bridgehead atoms. The topological polar surface area (TPSA) is 64.7 Å². The molecular weight excluding hydrogens is 331 g/mol. The minimum atomic E-state index is -4.80. The minimum Gasteiger partial charge on any atom is -0.495 e. The fourth-order valence-corrected chi connectivity index (χ4v) is 2.02. The van der Waals surface area contributed by atoms with Gasteiger partial charge in [0.1, 0.15) is 16.0 Å².